The van der Waals surface area contributed by atoms with E-state index in [-0.39, 0.29) is 5.91 Å². The molecule has 0 saturated heterocycles. The third-order valence-corrected chi connectivity index (χ3v) is 5.25. The van der Waals surface area contributed by atoms with Crippen molar-refractivity contribution in [2.75, 3.05) is 6.61 Å². The van der Waals surface area contributed by atoms with Crippen molar-refractivity contribution in [3.63, 3.8) is 0 Å². The van der Waals surface area contributed by atoms with Crippen molar-refractivity contribution in [1.29, 1.82) is 0 Å². The number of primary amides is 1. The van der Waals surface area contributed by atoms with Crippen LogP contribution in [0.4, 0.5) is 0 Å². The van der Waals surface area contributed by atoms with Crippen LogP contribution in [-0.4, -0.2) is 17.6 Å². The Morgan fingerprint density at radius 2 is 1.30 bits per heavy atom. The number of unbranched alkanes of at least 4 members (excludes halogenated alkanes) is 11. The zero-order chi connectivity index (χ0) is 20.0. The number of carbonyl (C=O) groups is 1. The van der Waals surface area contributed by atoms with Crippen LogP contribution in [-0.2, 0) is 4.79 Å². The normalized spacial score (nSPS) is 11.8. The second kappa shape index (κ2) is 21.3. The van der Waals surface area contributed by atoms with Crippen molar-refractivity contribution in [2.45, 2.75) is 122 Å². The van der Waals surface area contributed by atoms with Gasteiger partial charge in [-0.2, -0.15) is 0 Å². The molecule has 158 valence electrons. The predicted octanol–water partition coefficient (Wildman–Crippen LogP) is 6.13. The molecule has 0 rings (SSSR count). The molecule has 0 aliphatic rings. The van der Waals surface area contributed by atoms with Crippen LogP contribution in [0.5, 0.6) is 0 Å². The van der Waals surface area contributed by atoms with Crippen LogP contribution in [0.1, 0.15) is 122 Å². The number of carbonyl (C=O) groups excluding carboxylic acids is 1. The van der Waals surface area contributed by atoms with Gasteiger partial charge >= 0.3 is 0 Å². The van der Waals surface area contributed by atoms with Gasteiger partial charge in [0.15, 0.2) is 0 Å². The highest BCUT2D eigenvalue weighted by Crippen LogP contribution is 2.19. The Labute approximate surface area is 168 Å². The van der Waals surface area contributed by atoms with E-state index in [9.17, 15) is 4.79 Å². The summed E-state index contributed by atoms with van der Waals surface area (Å²) in [6.45, 7) is 2.59. The van der Waals surface area contributed by atoms with Crippen molar-refractivity contribution >= 4 is 5.91 Å². The lowest BCUT2D eigenvalue weighted by atomic mass is 9.93. The van der Waals surface area contributed by atoms with Gasteiger partial charge in [0.1, 0.15) is 0 Å². The lowest BCUT2D eigenvalue weighted by molar-refractivity contribution is -0.118. The van der Waals surface area contributed by atoms with Crippen LogP contribution >= 0.6 is 0 Å². The zero-order valence-corrected chi connectivity index (χ0v) is 17.9. The van der Waals surface area contributed by atoms with E-state index in [4.69, 9.17) is 10.8 Å². The standard InChI is InChI=1S/C24H45NO2/c1-2-18-23(21-22-26)19-16-14-12-10-8-6-4-3-5-7-9-11-13-15-17-20-24(25)27/h23,26H,2,4,6-22H2,1H3,(H2,25,27). The van der Waals surface area contributed by atoms with E-state index in [1.54, 1.807) is 0 Å². The number of amides is 1. The Balaban J connectivity index is 3.29. The molecule has 0 aromatic heterocycles. The molecule has 0 heterocycles. The fourth-order valence-corrected chi connectivity index (χ4v) is 3.60. The molecule has 27 heavy (non-hydrogen) atoms. The largest absolute Gasteiger partial charge is 0.396 e. The van der Waals surface area contributed by atoms with E-state index < -0.39 is 0 Å². The summed E-state index contributed by atoms with van der Waals surface area (Å²) in [5.41, 5.74) is 5.12. The fourth-order valence-electron chi connectivity index (χ4n) is 3.60. The zero-order valence-electron chi connectivity index (χ0n) is 17.9. The second-order valence-corrected chi connectivity index (χ2v) is 7.91. The molecule has 3 nitrogen and oxygen atoms in total. The Hall–Kier alpha value is -1.01. The summed E-state index contributed by atoms with van der Waals surface area (Å²) < 4.78 is 0. The van der Waals surface area contributed by atoms with Crippen molar-refractivity contribution < 1.29 is 9.90 Å². The average molecular weight is 380 g/mol. The smallest absolute Gasteiger partial charge is 0.217 e. The van der Waals surface area contributed by atoms with Crippen LogP contribution in [0.25, 0.3) is 0 Å². The lowest BCUT2D eigenvalue weighted by Gasteiger charge is -2.14. The van der Waals surface area contributed by atoms with Gasteiger partial charge in [0.25, 0.3) is 0 Å². The second-order valence-electron chi connectivity index (χ2n) is 7.91. The first kappa shape index (κ1) is 26.0. The maximum absolute atomic E-state index is 10.6. The van der Waals surface area contributed by atoms with E-state index >= 15 is 0 Å². The summed E-state index contributed by atoms with van der Waals surface area (Å²) in [6, 6.07) is 0. The molecule has 0 aromatic rings. The minimum atomic E-state index is -0.181. The minimum Gasteiger partial charge on any atom is -0.396 e. The maximum Gasteiger partial charge on any atom is 0.217 e. The fraction of sp³-hybridized carbons (Fsp3) is 0.875. The molecule has 0 bridgehead atoms. The average Bonchev–Trinajstić information content (AvgIpc) is 2.64. The Morgan fingerprint density at radius 3 is 1.81 bits per heavy atom. The van der Waals surface area contributed by atoms with E-state index in [2.05, 4.69) is 18.8 Å². The summed E-state index contributed by atoms with van der Waals surface area (Å²) in [5.74, 6) is 7.17. The topological polar surface area (TPSA) is 63.3 Å². The Kier molecular flexibility index (Phi) is 20.5. The maximum atomic E-state index is 10.6. The minimum absolute atomic E-state index is 0.181. The van der Waals surface area contributed by atoms with Crippen molar-refractivity contribution in [1.82, 2.24) is 0 Å². The third-order valence-electron chi connectivity index (χ3n) is 5.25. The lowest BCUT2D eigenvalue weighted by Crippen LogP contribution is -2.09. The number of nitrogens with two attached hydrogens (primary N) is 1. The van der Waals surface area contributed by atoms with Crippen LogP contribution in [0.3, 0.4) is 0 Å². The van der Waals surface area contributed by atoms with Gasteiger partial charge in [-0.15, -0.1) is 11.8 Å². The summed E-state index contributed by atoms with van der Waals surface area (Å²) >= 11 is 0. The van der Waals surface area contributed by atoms with Gasteiger partial charge < -0.3 is 10.8 Å². The van der Waals surface area contributed by atoms with Gasteiger partial charge in [-0.25, -0.2) is 0 Å². The van der Waals surface area contributed by atoms with Crippen LogP contribution in [0, 0.1) is 17.8 Å². The Morgan fingerprint density at radius 1 is 0.778 bits per heavy atom. The van der Waals surface area contributed by atoms with E-state index in [0.717, 1.165) is 38.0 Å². The molecule has 1 unspecified atom stereocenters. The summed E-state index contributed by atoms with van der Waals surface area (Å²) in [5, 5.41) is 9.09. The van der Waals surface area contributed by atoms with E-state index in [1.807, 2.05) is 0 Å². The SMILES string of the molecule is CCCC(CCO)CCCCCCCCC#CCCCCCCCC(N)=O. The summed E-state index contributed by atoms with van der Waals surface area (Å²) in [7, 11) is 0. The monoisotopic (exact) mass is 379 g/mol. The number of aliphatic hydroxyl groups excluding tert-OH is 1. The van der Waals surface area contributed by atoms with Gasteiger partial charge in [-0.1, -0.05) is 77.6 Å². The molecule has 0 spiro atoms. The molecule has 1 amide bonds. The van der Waals surface area contributed by atoms with E-state index in [1.165, 1.54) is 77.0 Å². The highest BCUT2D eigenvalue weighted by molar-refractivity contribution is 5.73. The molecule has 0 saturated carbocycles. The van der Waals surface area contributed by atoms with Gasteiger partial charge in [0, 0.05) is 25.9 Å². The van der Waals surface area contributed by atoms with Crippen LogP contribution < -0.4 is 5.73 Å². The first-order valence-corrected chi connectivity index (χ1v) is 11.6. The van der Waals surface area contributed by atoms with Gasteiger partial charge in [-0.3, -0.25) is 4.79 Å². The number of aliphatic hydroxyl groups is 1. The van der Waals surface area contributed by atoms with Crippen molar-refractivity contribution in [3.8, 4) is 11.8 Å². The molecule has 0 aliphatic carbocycles. The highest BCUT2D eigenvalue weighted by atomic mass is 16.3. The summed E-state index contributed by atoms with van der Waals surface area (Å²) in [6.07, 6.45) is 20.9. The van der Waals surface area contributed by atoms with Gasteiger partial charge in [0.05, 0.1) is 0 Å². The van der Waals surface area contributed by atoms with Crippen LogP contribution in [0.15, 0.2) is 0 Å². The molecular formula is C24H45NO2. The highest BCUT2D eigenvalue weighted by Gasteiger charge is 2.06. The quantitative estimate of drug-likeness (QED) is 0.209. The number of hydrogen-bond acceptors (Lipinski definition) is 2. The molecule has 3 N–H and O–H groups in total. The molecule has 0 aromatic carbocycles. The first-order chi connectivity index (χ1) is 13.2. The predicted molar refractivity (Wildman–Crippen MR) is 116 cm³/mol. The van der Waals surface area contributed by atoms with Gasteiger partial charge in [-0.05, 0) is 31.6 Å². The van der Waals surface area contributed by atoms with Crippen LogP contribution in [0.2, 0.25) is 0 Å². The first-order valence-electron chi connectivity index (χ1n) is 11.6. The Bertz CT molecular complexity index is 378. The van der Waals surface area contributed by atoms with Crippen molar-refractivity contribution in [2.24, 2.45) is 11.7 Å². The van der Waals surface area contributed by atoms with Gasteiger partial charge in [0.2, 0.25) is 5.91 Å². The number of hydrogen-bond donors (Lipinski definition) is 2. The molecule has 3 heteroatoms. The molecule has 0 aliphatic heterocycles. The van der Waals surface area contributed by atoms with E-state index in [0.29, 0.717) is 13.0 Å². The molecular weight excluding hydrogens is 334 g/mol. The molecule has 0 radical (unpaired) electrons. The summed E-state index contributed by atoms with van der Waals surface area (Å²) in [4.78, 5) is 10.6. The molecule has 1 atom stereocenters. The van der Waals surface area contributed by atoms with Crippen molar-refractivity contribution in [3.05, 3.63) is 0 Å². The molecule has 0 fully saturated rings. The number of rotatable bonds is 19. The third kappa shape index (κ3) is 21.2.